The number of guanidine groups is 2. The molecule has 10 heteroatoms. The monoisotopic (exact) mass is 170 g/mol. The zero-order valence-corrected chi connectivity index (χ0v) is 5.86. The van der Waals surface area contributed by atoms with E-state index in [1.165, 1.54) is 0 Å². The Hall–Kier alpha value is -2.35. The summed E-state index contributed by atoms with van der Waals surface area (Å²) in [5.74, 6) is 3.93. The van der Waals surface area contributed by atoms with Crippen LogP contribution >= 0.6 is 0 Å². The van der Waals surface area contributed by atoms with Gasteiger partial charge in [-0.1, -0.05) is 5.22 Å². The fraction of sp³-hybridized carbons (Fsp3) is 0. The molecule has 64 valence electrons. The quantitative estimate of drug-likeness (QED) is 0.0885. The molecule has 0 rings (SSSR count). The van der Waals surface area contributed by atoms with Crippen LogP contribution < -0.4 is 17.3 Å². The summed E-state index contributed by atoms with van der Waals surface area (Å²) < 4.78 is 0. The van der Waals surface area contributed by atoms with Crippen molar-refractivity contribution in [3.8, 4) is 0 Å². The van der Waals surface area contributed by atoms with Crippen LogP contribution in [0.25, 0.3) is 10.4 Å². The van der Waals surface area contributed by atoms with Gasteiger partial charge in [-0.3, -0.25) is 0 Å². The number of nitrogens with two attached hydrogens (primary N) is 3. The molecule has 0 unspecified atom stereocenters. The van der Waals surface area contributed by atoms with Crippen molar-refractivity contribution in [2.24, 2.45) is 43.0 Å². The van der Waals surface area contributed by atoms with Gasteiger partial charge >= 0.3 is 0 Å². The van der Waals surface area contributed by atoms with Crippen molar-refractivity contribution in [1.29, 1.82) is 0 Å². The molecule has 0 heterocycles. The van der Waals surface area contributed by atoms with Crippen molar-refractivity contribution in [3.05, 3.63) is 10.4 Å². The number of rotatable bonds is 1. The molecular formula is C2H6N10. The SMILES string of the molecule is [N-]=[N+]=NC(N=C(N)N)=NN=NN. The summed E-state index contributed by atoms with van der Waals surface area (Å²) in [6.07, 6.45) is 0. The van der Waals surface area contributed by atoms with Crippen molar-refractivity contribution < 1.29 is 0 Å². The molecule has 0 amide bonds. The Balaban J connectivity index is 4.66. The molecule has 0 aromatic rings. The van der Waals surface area contributed by atoms with Crippen molar-refractivity contribution in [2.75, 3.05) is 0 Å². The predicted molar refractivity (Wildman–Crippen MR) is 41.4 cm³/mol. The number of hydrogen-bond acceptors (Lipinski definition) is 2. The van der Waals surface area contributed by atoms with E-state index < -0.39 is 0 Å². The van der Waals surface area contributed by atoms with Crippen molar-refractivity contribution in [2.45, 2.75) is 0 Å². The molecular weight excluding hydrogens is 164 g/mol. The molecule has 0 aromatic carbocycles. The Morgan fingerprint density at radius 2 is 2.00 bits per heavy atom. The van der Waals surface area contributed by atoms with Gasteiger partial charge in [0.25, 0.3) is 0 Å². The molecule has 6 N–H and O–H groups in total. The summed E-state index contributed by atoms with van der Waals surface area (Å²) >= 11 is 0. The summed E-state index contributed by atoms with van der Waals surface area (Å²) in [7, 11) is 0. The first kappa shape index (κ1) is 9.65. The Morgan fingerprint density at radius 1 is 1.33 bits per heavy atom. The van der Waals surface area contributed by atoms with Crippen LogP contribution in [-0.2, 0) is 0 Å². The molecule has 0 bridgehead atoms. The lowest BCUT2D eigenvalue weighted by atomic mass is 10.9. The molecule has 12 heavy (non-hydrogen) atoms. The zero-order valence-electron chi connectivity index (χ0n) is 5.86. The highest BCUT2D eigenvalue weighted by Crippen LogP contribution is 1.85. The summed E-state index contributed by atoms with van der Waals surface area (Å²) in [5, 5.41) is 11.8. The first-order valence-electron chi connectivity index (χ1n) is 2.53. The van der Waals surface area contributed by atoms with Crippen LogP contribution in [0.5, 0.6) is 0 Å². The maximum absolute atomic E-state index is 7.97. The van der Waals surface area contributed by atoms with Gasteiger partial charge in [-0.2, -0.15) is 4.99 Å². The summed E-state index contributed by atoms with van der Waals surface area (Å²) in [4.78, 5) is 5.67. The van der Waals surface area contributed by atoms with E-state index in [0.29, 0.717) is 0 Å². The number of nitrogens with zero attached hydrogens (tertiary/aromatic N) is 7. The molecule has 10 nitrogen and oxygen atoms in total. The van der Waals surface area contributed by atoms with Gasteiger partial charge in [0, 0.05) is 4.91 Å². The van der Waals surface area contributed by atoms with Crippen LogP contribution in [0.2, 0.25) is 0 Å². The van der Waals surface area contributed by atoms with Gasteiger partial charge in [0.2, 0.25) is 5.96 Å². The summed E-state index contributed by atoms with van der Waals surface area (Å²) in [6, 6.07) is 0. The molecule has 0 saturated carbocycles. The van der Waals surface area contributed by atoms with Crippen LogP contribution in [0.15, 0.2) is 25.7 Å². The molecule has 0 saturated heterocycles. The van der Waals surface area contributed by atoms with Crippen molar-refractivity contribution >= 4 is 11.9 Å². The highest BCUT2D eigenvalue weighted by atomic mass is 15.5. The van der Waals surface area contributed by atoms with Crippen LogP contribution in [0.3, 0.4) is 0 Å². The van der Waals surface area contributed by atoms with E-state index in [1.54, 1.807) is 0 Å². The Morgan fingerprint density at radius 3 is 2.42 bits per heavy atom. The minimum Gasteiger partial charge on any atom is -0.370 e. The normalized spacial score (nSPS) is 10.8. The topological polar surface area (TPSA) is 176 Å². The molecule has 0 atom stereocenters. The minimum atomic E-state index is -0.369. The van der Waals surface area contributed by atoms with E-state index in [-0.39, 0.29) is 11.9 Å². The van der Waals surface area contributed by atoms with Crippen LogP contribution in [-0.4, -0.2) is 11.9 Å². The molecule has 0 aliphatic carbocycles. The fourth-order valence-corrected chi connectivity index (χ4v) is 0.286. The van der Waals surface area contributed by atoms with Crippen LogP contribution in [0, 0.1) is 0 Å². The van der Waals surface area contributed by atoms with E-state index in [4.69, 9.17) is 17.0 Å². The largest absolute Gasteiger partial charge is 0.370 e. The average molecular weight is 170 g/mol. The lowest BCUT2D eigenvalue weighted by Gasteiger charge is -1.87. The standard InChI is InChI=1S/C2H6N10/c3-1(4)7-2(8-10-5)9-12-11-6/h(H2,6,12)(H4,3,4,7,9,11). The van der Waals surface area contributed by atoms with Gasteiger partial charge in [0.15, 0.2) is 5.96 Å². The summed E-state index contributed by atoms with van der Waals surface area (Å²) in [5.41, 5.74) is 17.9. The third-order valence-corrected chi connectivity index (χ3v) is 0.549. The van der Waals surface area contributed by atoms with E-state index in [0.717, 1.165) is 0 Å². The van der Waals surface area contributed by atoms with Gasteiger partial charge in [0.05, 0.1) is 0 Å². The average Bonchev–Trinajstić information content (AvgIpc) is 2.00. The second kappa shape index (κ2) is 5.44. The number of hydrogen-bond donors (Lipinski definition) is 3. The third-order valence-electron chi connectivity index (χ3n) is 0.549. The van der Waals surface area contributed by atoms with Gasteiger partial charge in [-0.25, -0.2) is 0 Å². The Bertz CT molecular complexity index is 260. The van der Waals surface area contributed by atoms with Crippen LogP contribution in [0.4, 0.5) is 0 Å². The molecule has 0 radical (unpaired) electrons. The van der Waals surface area contributed by atoms with E-state index in [9.17, 15) is 0 Å². The highest BCUT2D eigenvalue weighted by molar-refractivity contribution is 5.93. The van der Waals surface area contributed by atoms with E-state index in [1.807, 2.05) is 0 Å². The zero-order chi connectivity index (χ0) is 9.40. The fourth-order valence-electron chi connectivity index (χ4n) is 0.286. The number of azide groups is 1. The second-order valence-corrected chi connectivity index (χ2v) is 1.33. The molecule has 0 aromatic heterocycles. The highest BCUT2D eigenvalue weighted by Gasteiger charge is 1.90. The first-order valence-corrected chi connectivity index (χ1v) is 2.53. The van der Waals surface area contributed by atoms with Gasteiger partial charge in [0.1, 0.15) is 0 Å². The minimum absolute atomic E-state index is 0.312. The molecule has 0 spiro atoms. The first-order chi connectivity index (χ1) is 5.70. The predicted octanol–water partition coefficient (Wildman–Crippen LogP) is -0.833. The second-order valence-electron chi connectivity index (χ2n) is 1.33. The van der Waals surface area contributed by atoms with Crippen molar-refractivity contribution in [1.82, 2.24) is 0 Å². The molecule has 0 aliphatic rings. The smallest absolute Gasteiger partial charge is 0.243 e. The maximum atomic E-state index is 7.97. The van der Waals surface area contributed by atoms with Crippen molar-refractivity contribution in [3.63, 3.8) is 0 Å². The van der Waals surface area contributed by atoms with E-state index >= 15 is 0 Å². The van der Waals surface area contributed by atoms with Gasteiger partial charge in [-0.05, 0) is 15.9 Å². The molecule has 0 fully saturated rings. The number of aliphatic imine (C=N–C) groups is 1. The third kappa shape index (κ3) is 4.52. The van der Waals surface area contributed by atoms with E-state index in [2.05, 4.69) is 36.4 Å². The summed E-state index contributed by atoms with van der Waals surface area (Å²) in [6.45, 7) is 0. The van der Waals surface area contributed by atoms with Gasteiger partial charge in [-0.15, -0.1) is 5.10 Å². The maximum Gasteiger partial charge on any atom is 0.243 e. The Kier molecular flexibility index (Phi) is 4.37. The van der Waals surface area contributed by atoms with Crippen LogP contribution in [0.1, 0.15) is 0 Å². The lowest BCUT2D eigenvalue weighted by Crippen LogP contribution is -2.23. The Labute approximate surface area is 66.4 Å². The molecule has 0 aliphatic heterocycles. The lowest BCUT2D eigenvalue weighted by molar-refractivity contribution is 0.949. The van der Waals surface area contributed by atoms with Gasteiger partial charge < -0.3 is 17.3 Å².